The molecule has 0 heterocycles. The van der Waals surface area contributed by atoms with Crippen LogP contribution in [-0.4, -0.2) is 30.7 Å². The minimum absolute atomic E-state index is 0.509. The van der Waals surface area contributed by atoms with E-state index < -0.39 is 6.29 Å². The van der Waals surface area contributed by atoms with Gasteiger partial charge >= 0.3 is 0 Å². The molecule has 15 heavy (non-hydrogen) atoms. The highest BCUT2D eigenvalue weighted by atomic mass is 16.5. The Morgan fingerprint density at radius 2 is 1.67 bits per heavy atom. The van der Waals surface area contributed by atoms with Gasteiger partial charge in [0, 0.05) is 14.2 Å². The molecule has 1 rings (SSSR count). The molecule has 1 aliphatic rings. The van der Waals surface area contributed by atoms with Gasteiger partial charge in [-0.05, 0) is 37.5 Å². The largest absolute Gasteiger partial charge is 0.388 e. The van der Waals surface area contributed by atoms with Gasteiger partial charge in [-0.2, -0.15) is 0 Å². The van der Waals surface area contributed by atoms with E-state index in [9.17, 15) is 0 Å². The summed E-state index contributed by atoms with van der Waals surface area (Å²) >= 11 is 0. The van der Waals surface area contributed by atoms with Gasteiger partial charge < -0.3 is 14.9 Å². The molecule has 0 spiro atoms. The minimum atomic E-state index is -1.10. The molecule has 3 nitrogen and oxygen atoms in total. The van der Waals surface area contributed by atoms with Gasteiger partial charge in [0.2, 0.25) is 0 Å². The lowest BCUT2D eigenvalue weighted by atomic mass is 9.83. The highest BCUT2D eigenvalue weighted by Crippen LogP contribution is 2.41. The Morgan fingerprint density at radius 1 is 1.20 bits per heavy atom. The van der Waals surface area contributed by atoms with E-state index in [0.717, 1.165) is 12.8 Å². The van der Waals surface area contributed by atoms with Crippen LogP contribution in [0.5, 0.6) is 0 Å². The molecule has 0 aromatic carbocycles. The third kappa shape index (κ3) is 7.77. The predicted molar refractivity (Wildman–Crippen MR) is 61.6 cm³/mol. The maximum atomic E-state index is 8.67. The highest BCUT2D eigenvalue weighted by Gasteiger charge is 2.27. The van der Waals surface area contributed by atoms with Crippen LogP contribution in [0.4, 0.5) is 0 Å². The zero-order valence-electron chi connectivity index (χ0n) is 10.3. The summed E-state index contributed by atoms with van der Waals surface area (Å²) in [6.07, 6.45) is 6.92. The van der Waals surface area contributed by atoms with E-state index in [2.05, 4.69) is 11.7 Å². The van der Waals surface area contributed by atoms with Crippen LogP contribution in [0.3, 0.4) is 0 Å². The zero-order valence-corrected chi connectivity index (χ0v) is 10.3. The van der Waals surface area contributed by atoms with E-state index in [1.165, 1.54) is 25.7 Å². The topological polar surface area (TPSA) is 49.7 Å². The fourth-order valence-electron chi connectivity index (χ4n) is 2.19. The molecule has 0 unspecified atom stereocenters. The first kappa shape index (κ1) is 14.9. The fourth-order valence-corrected chi connectivity index (χ4v) is 2.19. The van der Waals surface area contributed by atoms with Crippen LogP contribution in [0.2, 0.25) is 0 Å². The summed E-state index contributed by atoms with van der Waals surface area (Å²) in [6, 6.07) is 0. The Morgan fingerprint density at radius 3 is 2.07 bits per heavy atom. The van der Waals surface area contributed by atoms with Crippen molar-refractivity contribution in [3.05, 3.63) is 0 Å². The van der Waals surface area contributed by atoms with Gasteiger partial charge in [0.25, 0.3) is 0 Å². The van der Waals surface area contributed by atoms with Crippen LogP contribution in [-0.2, 0) is 4.74 Å². The van der Waals surface area contributed by atoms with Crippen molar-refractivity contribution >= 4 is 0 Å². The second-order valence-electron chi connectivity index (χ2n) is 4.80. The average Bonchev–Trinajstić information content (AvgIpc) is 2.53. The Balaban J connectivity index is 0.000000583. The number of hydrogen-bond acceptors (Lipinski definition) is 3. The maximum Gasteiger partial charge on any atom is 0.151 e. The Kier molecular flexibility index (Phi) is 8.02. The summed E-state index contributed by atoms with van der Waals surface area (Å²) in [6.45, 7) is 2.32. The van der Waals surface area contributed by atoms with Crippen LogP contribution in [0.1, 0.15) is 51.9 Å². The lowest BCUT2D eigenvalue weighted by Gasteiger charge is -2.23. The minimum Gasteiger partial charge on any atom is -0.388 e. The number of rotatable bonds is 4. The normalized spacial score (nSPS) is 18.8. The van der Waals surface area contributed by atoms with Crippen molar-refractivity contribution in [1.82, 2.24) is 0 Å². The second kappa shape index (κ2) is 8.08. The average molecular weight is 218 g/mol. The molecule has 0 atom stereocenters. The zero-order chi connectivity index (χ0) is 11.7. The molecule has 0 aromatic heterocycles. The van der Waals surface area contributed by atoms with Crippen molar-refractivity contribution in [3.63, 3.8) is 0 Å². The van der Waals surface area contributed by atoms with Crippen LogP contribution in [0, 0.1) is 5.41 Å². The molecule has 0 aromatic rings. The lowest BCUT2D eigenvalue weighted by molar-refractivity contribution is -0.0479. The van der Waals surface area contributed by atoms with Crippen molar-refractivity contribution in [2.24, 2.45) is 5.41 Å². The van der Waals surface area contributed by atoms with Crippen LogP contribution in [0.25, 0.3) is 0 Å². The first-order chi connectivity index (χ1) is 7.04. The Bertz CT molecular complexity index is 140. The predicted octanol–water partition coefficient (Wildman–Crippen LogP) is 2.31. The van der Waals surface area contributed by atoms with Crippen LogP contribution in [0.15, 0.2) is 0 Å². The highest BCUT2D eigenvalue weighted by molar-refractivity contribution is 4.79. The molecule has 0 amide bonds. The summed E-state index contributed by atoms with van der Waals surface area (Å²) in [4.78, 5) is 0. The Hall–Kier alpha value is -0.120. The third-order valence-corrected chi connectivity index (χ3v) is 3.05. The third-order valence-electron chi connectivity index (χ3n) is 3.05. The van der Waals surface area contributed by atoms with E-state index in [1.54, 1.807) is 14.2 Å². The van der Waals surface area contributed by atoms with E-state index in [-0.39, 0.29) is 0 Å². The van der Waals surface area contributed by atoms with Crippen LogP contribution >= 0.6 is 0 Å². The number of hydrogen-bond donors (Lipinski definition) is 2. The van der Waals surface area contributed by atoms with Gasteiger partial charge in [-0.1, -0.05) is 19.8 Å². The molecule has 0 bridgehead atoms. The molecule has 1 saturated carbocycles. The van der Waals surface area contributed by atoms with Gasteiger partial charge in [0.05, 0.1) is 0 Å². The van der Waals surface area contributed by atoms with Gasteiger partial charge in [0.15, 0.2) is 6.29 Å². The van der Waals surface area contributed by atoms with E-state index in [1.807, 2.05) is 0 Å². The molecule has 2 N–H and O–H groups in total. The monoisotopic (exact) mass is 218 g/mol. The SMILES string of the molecule is CC1(CCCC(O)O)CCCC1.COC. The molecular formula is C12H26O3. The van der Waals surface area contributed by atoms with Gasteiger partial charge in [-0.3, -0.25) is 0 Å². The summed E-state index contributed by atoms with van der Waals surface area (Å²) in [5.41, 5.74) is 0.509. The quantitative estimate of drug-likeness (QED) is 0.712. The molecule has 1 aliphatic carbocycles. The van der Waals surface area contributed by atoms with Crippen molar-refractivity contribution < 1.29 is 14.9 Å². The number of methoxy groups -OCH3 is 1. The molecule has 0 radical (unpaired) electrons. The van der Waals surface area contributed by atoms with Gasteiger partial charge in [-0.15, -0.1) is 0 Å². The molecule has 92 valence electrons. The smallest absolute Gasteiger partial charge is 0.151 e. The molecule has 0 saturated heterocycles. The fraction of sp³-hybridized carbons (Fsp3) is 1.00. The summed E-state index contributed by atoms with van der Waals surface area (Å²) in [7, 11) is 3.25. The lowest BCUT2D eigenvalue weighted by Crippen LogP contribution is -2.12. The van der Waals surface area contributed by atoms with Gasteiger partial charge in [-0.25, -0.2) is 0 Å². The second-order valence-corrected chi connectivity index (χ2v) is 4.80. The number of ether oxygens (including phenoxy) is 1. The first-order valence-corrected chi connectivity index (χ1v) is 5.80. The Labute approximate surface area is 93.5 Å². The summed E-state index contributed by atoms with van der Waals surface area (Å²) in [5, 5.41) is 17.3. The molecule has 1 fully saturated rings. The van der Waals surface area contributed by atoms with Crippen molar-refractivity contribution in [2.45, 2.75) is 58.2 Å². The molecule has 0 aliphatic heterocycles. The van der Waals surface area contributed by atoms with Crippen molar-refractivity contribution in [2.75, 3.05) is 14.2 Å². The van der Waals surface area contributed by atoms with E-state index in [0.29, 0.717) is 11.8 Å². The van der Waals surface area contributed by atoms with Crippen molar-refractivity contribution in [3.8, 4) is 0 Å². The summed E-state index contributed by atoms with van der Waals surface area (Å²) in [5.74, 6) is 0. The van der Waals surface area contributed by atoms with E-state index >= 15 is 0 Å². The maximum absolute atomic E-state index is 8.67. The molecular weight excluding hydrogens is 192 g/mol. The van der Waals surface area contributed by atoms with Crippen molar-refractivity contribution in [1.29, 1.82) is 0 Å². The molecule has 3 heteroatoms. The summed E-state index contributed by atoms with van der Waals surface area (Å²) < 4.78 is 4.25. The number of aliphatic hydroxyl groups is 2. The van der Waals surface area contributed by atoms with E-state index in [4.69, 9.17) is 10.2 Å². The first-order valence-electron chi connectivity index (χ1n) is 5.80. The standard InChI is InChI=1S/C10H20O2.C2H6O/c1-10(6-2-3-7-10)8-4-5-9(11)12;1-3-2/h9,11-12H,2-8H2,1H3;1-2H3. The number of aliphatic hydroxyl groups excluding tert-OH is 1. The van der Waals surface area contributed by atoms with Crippen LogP contribution < -0.4 is 0 Å². The van der Waals surface area contributed by atoms with Gasteiger partial charge in [0.1, 0.15) is 0 Å².